The molecule has 0 aliphatic rings. The van der Waals surface area contributed by atoms with Crippen LogP contribution in [0, 0.1) is 5.82 Å². The number of hydrogen-bond donors (Lipinski definition) is 2. The van der Waals surface area contributed by atoms with Crippen LogP contribution in [-0.2, 0) is 10.2 Å². The summed E-state index contributed by atoms with van der Waals surface area (Å²) in [5, 5.41) is 3.86. The largest absolute Gasteiger partial charge is 0.573 e. The summed E-state index contributed by atoms with van der Waals surface area (Å²) in [6, 6.07) is 4.30. The van der Waals surface area contributed by atoms with Gasteiger partial charge in [-0.15, -0.1) is 13.2 Å². The van der Waals surface area contributed by atoms with Gasteiger partial charge in [0.05, 0.1) is 15.6 Å². The molecule has 0 unspecified atom stereocenters. The van der Waals surface area contributed by atoms with E-state index in [-0.39, 0.29) is 16.5 Å². The van der Waals surface area contributed by atoms with Crippen LogP contribution in [0.25, 0.3) is 0 Å². The van der Waals surface area contributed by atoms with E-state index in [1.165, 1.54) is 4.72 Å². The molecule has 0 spiro atoms. The fourth-order valence-corrected chi connectivity index (χ4v) is 2.62. The van der Waals surface area contributed by atoms with E-state index in [9.17, 15) is 30.8 Å². The molecule has 0 fully saturated rings. The maximum Gasteiger partial charge on any atom is 0.573 e. The van der Waals surface area contributed by atoms with Crippen molar-refractivity contribution in [2.75, 3.05) is 0 Å². The van der Waals surface area contributed by atoms with Crippen LogP contribution in [0.3, 0.4) is 0 Å². The molecule has 0 aliphatic carbocycles. The summed E-state index contributed by atoms with van der Waals surface area (Å²) < 4.78 is 82.7. The Morgan fingerprint density at radius 3 is 2.21 bits per heavy atom. The Balaban J connectivity index is 2.27. The zero-order chi connectivity index (χ0) is 21.3. The second-order valence-electron chi connectivity index (χ2n) is 4.98. The van der Waals surface area contributed by atoms with Crippen molar-refractivity contribution >= 4 is 39.3 Å². The number of halogens is 6. The summed E-state index contributed by atoms with van der Waals surface area (Å²) in [6.45, 7) is 0. The Hall–Kier alpha value is -2.28. The Morgan fingerprint density at radius 2 is 1.68 bits per heavy atom. The SMILES string of the molecule is NS(=O)(=O)NC(=O)c1cc(Cl)c(Oc2ccc(OC(F)(F)F)c(Cl)c2)cc1F. The van der Waals surface area contributed by atoms with Gasteiger partial charge in [-0.2, -0.15) is 8.42 Å². The summed E-state index contributed by atoms with van der Waals surface area (Å²) in [6.07, 6.45) is -4.95. The molecule has 0 bridgehead atoms. The number of hydrogen-bond acceptors (Lipinski definition) is 5. The highest BCUT2D eigenvalue weighted by molar-refractivity contribution is 7.87. The van der Waals surface area contributed by atoms with Crippen molar-refractivity contribution in [1.82, 2.24) is 4.72 Å². The van der Waals surface area contributed by atoms with Gasteiger partial charge >= 0.3 is 6.36 Å². The average molecular weight is 463 g/mol. The van der Waals surface area contributed by atoms with Crippen LogP contribution in [-0.4, -0.2) is 20.7 Å². The predicted octanol–water partition coefficient (Wildman–Crippen LogP) is 3.76. The lowest BCUT2D eigenvalue weighted by atomic mass is 10.2. The smallest absolute Gasteiger partial charge is 0.456 e. The summed E-state index contributed by atoms with van der Waals surface area (Å²) in [7, 11) is -4.43. The van der Waals surface area contributed by atoms with Gasteiger partial charge in [0, 0.05) is 12.1 Å². The monoisotopic (exact) mass is 462 g/mol. The van der Waals surface area contributed by atoms with Crippen LogP contribution in [0.1, 0.15) is 10.4 Å². The van der Waals surface area contributed by atoms with Gasteiger partial charge in [0.25, 0.3) is 16.1 Å². The summed E-state index contributed by atoms with van der Waals surface area (Å²) in [5.41, 5.74) is -0.738. The first kappa shape index (κ1) is 22.0. The Morgan fingerprint density at radius 1 is 1.07 bits per heavy atom. The number of ether oxygens (including phenoxy) is 2. The summed E-state index contributed by atoms with van der Waals surface area (Å²) in [4.78, 5) is 11.7. The molecule has 0 heterocycles. The van der Waals surface area contributed by atoms with Gasteiger partial charge in [-0.25, -0.2) is 14.3 Å². The van der Waals surface area contributed by atoms with Crippen molar-refractivity contribution in [3.05, 3.63) is 51.8 Å². The molecule has 7 nitrogen and oxygen atoms in total. The van der Waals surface area contributed by atoms with Crippen molar-refractivity contribution in [3.8, 4) is 17.2 Å². The minimum Gasteiger partial charge on any atom is -0.456 e. The molecule has 0 atom stereocenters. The Kier molecular flexibility index (Phi) is 6.28. The number of alkyl halides is 3. The fourth-order valence-electron chi connectivity index (χ4n) is 1.84. The van der Waals surface area contributed by atoms with Gasteiger partial charge in [0.1, 0.15) is 23.1 Å². The Bertz CT molecular complexity index is 1030. The molecule has 14 heteroatoms. The third-order valence-electron chi connectivity index (χ3n) is 2.86. The zero-order valence-electron chi connectivity index (χ0n) is 13.2. The highest BCUT2D eigenvalue weighted by Gasteiger charge is 2.32. The lowest BCUT2D eigenvalue weighted by Crippen LogP contribution is -2.36. The van der Waals surface area contributed by atoms with E-state index in [1.807, 2.05) is 0 Å². The molecule has 2 aromatic carbocycles. The molecule has 0 radical (unpaired) electrons. The van der Waals surface area contributed by atoms with E-state index in [2.05, 4.69) is 9.88 Å². The molecular weight excluding hydrogens is 455 g/mol. The number of amides is 1. The predicted molar refractivity (Wildman–Crippen MR) is 90.2 cm³/mol. The normalized spacial score (nSPS) is 11.8. The minimum atomic E-state index is -4.95. The summed E-state index contributed by atoms with van der Waals surface area (Å²) in [5.74, 6) is -3.71. The van der Waals surface area contributed by atoms with Gasteiger partial charge in [0.15, 0.2) is 0 Å². The van der Waals surface area contributed by atoms with Gasteiger partial charge in [-0.05, 0) is 18.2 Å². The van der Waals surface area contributed by atoms with Crippen LogP contribution in [0.2, 0.25) is 10.0 Å². The van der Waals surface area contributed by atoms with Crippen molar-refractivity contribution in [3.63, 3.8) is 0 Å². The average Bonchev–Trinajstić information content (AvgIpc) is 2.50. The third kappa shape index (κ3) is 6.12. The van der Waals surface area contributed by atoms with E-state index in [0.717, 1.165) is 24.3 Å². The standard InChI is InChI=1S/C14H8Cl2F4N2O5S/c15-8-3-6(1-2-11(8)27-14(18,19)20)26-12-5-10(17)7(4-9(12)16)13(23)22-28(21,24)25/h1-5H,(H,22,23)(H2,21,24,25). The second kappa shape index (κ2) is 7.99. The Labute approximate surface area is 165 Å². The molecule has 2 aromatic rings. The van der Waals surface area contributed by atoms with E-state index in [4.69, 9.17) is 27.9 Å². The van der Waals surface area contributed by atoms with Gasteiger partial charge in [0.2, 0.25) is 0 Å². The maximum absolute atomic E-state index is 14.1. The fraction of sp³-hybridized carbons (Fsp3) is 0.0714. The number of carbonyl (C=O) groups is 1. The third-order valence-corrected chi connectivity index (χ3v) is 3.92. The van der Waals surface area contributed by atoms with Crippen LogP contribution in [0.4, 0.5) is 17.6 Å². The molecule has 0 saturated carbocycles. The van der Waals surface area contributed by atoms with E-state index < -0.39 is 44.6 Å². The molecule has 152 valence electrons. The van der Waals surface area contributed by atoms with E-state index >= 15 is 0 Å². The number of nitrogens with two attached hydrogens (primary N) is 1. The van der Waals surface area contributed by atoms with Gasteiger partial charge < -0.3 is 9.47 Å². The molecule has 3 N–H and O–H groups in total. The number of benzene rings is 2. The molecule has 2 rings (SSSR count). The second-order valence-corrected chi connectivity index (χ2v) is 7.09. The van der Waals surface area contributed by atoms with Crippen LogP contribution >= 0.6 is 23.2 Å². The molecule has 0 saturated heterocycles. The van der Waals surface area contributed by atoms with Crippen LogP contribution < -0.4 is 19.3 Å². The zero-order valence-corrected chi connectivity index (χ0v) is 15.5. The van der Waals surface area contributed by atoms with Crippen molar-refractivity contribution < 1.29 is 40.2 Å². The van der Waals surface area contributed by atoms with Gasteiger partial charge in [-0.3, -0.25) is 4.79 Å². The highest BCUT2D eigenvalue weighted by Crippen LogP contribution is 2.36. The molecule has 0 aromatic heterocycles. The van der Waals surface area contributed by atoms with Crippen LogP contribution in [0.15, 0.2) is 30.3 Å². The van der Waals surface area contributed by atoms with Crippen molar-refractivity contribution in [2.24, 2.45) is 5.14 Å². The maximum atomic E-state index is 14.1. The first-order valence-electron chi connectivity index (χ1n) is 6.82. The van der Waals surface area contributed by atoms with Gasteiger partial charge in [-0.1, -0.05) is 23.2 Å². The quantitative estimate of drug-likeness (QED) is 0.657. The van der Waals surface area contributed by atoms with Crippen LogP contribution in [0.5, 0.6) is 17.2 Å². The van der Waals surface area contributed by atoms with E-state index in [0.29, 0.717) is 6.07 Å². The number of rotatable bonds is 5. The van der Waals surface area contributed by atoms with Crippen molar-refractivity contribution in [1.29, 1.82) is 0 Å². The minimum absolute atomic E-state index is 0.123. The number of nitrogens with one attached hydrogen (secondary N) is 1. The first-order chi connectivity index (χ1) is 12.7. The lowest BCUT2D eigenvalue weighted by Gasteiger charge is -2.13. The summed E-state index contributed by atoms with van der Waals surface area (Å²) >= 11 is 11.5. The highest BCUT2D eigenvalue weighted by atomic mass is 35.5. The topological polar surface area (TPSA) is 108 Å². The molecular formula is C14H8Cl2F4N2O5S. The number of carbonyl (C=O) groups excluding carboxylic acids is 1. The first-order valence-corrected chi connectivity index (χ1v) is 9.12. The van der Waals surface area contributed by atoms with E-state index in [1.54, 1.807) is 0 Å². The molecule has 0 aliphatic heterocycles. The lowest BCUT2D eigenvalue weighted by molar-refractivity contribution is -0.274. The molecule has 1 amide bonds. The molecule has 28 heavy (non-hydrogen) atoms. The van der Waals surface area contributed by atoms with Crippen molar-refractivity contribution in [2.45, 2.75) is 6.36 Å².